The molecule has 3 aromatic rings. The molecule has 0 N–H and O–H groups in total. The van der Waals surface area contributed by atoms with E-state index >= 15 is 0 Å². The molecule has 0 unspecified atom stereocenters. The van der Waals surface area contributed by atoms with Crippen LogP contribution in [0.3, 0.4) is 0 Å². The minimum atomic E-state index is -0.373. The van der Waals surface area contributed by atoms with Gasteiger partial charge in [0.25, 0.3) is 11.1 Å². The standard InChI is InChI=1S/C22H15Cl2NO3S/c1-12-3-5-15(9-13(12)2)25-21(26)20(29-22(25)27)11-16-6-8-19(28-16)17-10-14(23)4-7-18(17)24/h3-11H,1-2H3/b20-11-. The Hall–Kier alpha value is -2.47. The first kappa shape index (κ1) is 19.8. The summed E-state index contributed by atoms with van der Waals surface area (Å²) >= 11 is 13.1. The fraction of sp³-hybridized carbons (Fsp3) is 0.0909. The second-order valence-electron chi connectivity index (χ2n) is 6.61. The number of thioether (sulfide) groups is 1. The molecule has 2 heterocycles. The van der Waals surface area contributed by atoms with E-state index in [2.05, 4.69) is 0 Å². The highest BCUT2D eigenvalue weighted by atomic mass is 35.5. The molecule has 0 radical (unpaired) electrons. The first-order chi connectivity index (χ1) is 13.8. The van der Waals surface area contributed by atoms with Crippen molar-refractivity contribution >= 4 is 57.9 Å². The van der Waals surface area contributed by atoms with E-state index in [0.717, 1.165) is 22.9 Å². The lowest BCUT2D eigenvalue weighted by Crippen LogP contribution is -2.27. The van der Waals surface area contributed by atoms with Crippen LogP contribution < -0.4 is 4.90 Å². The van der Waals surface area contributed by atoms with E-state index in [-0.39, 0.29) is 11.1 Å². The SMILES string of the molecule is Cc1ccc(N2C(=O)S/C(=C\c3ccc(-c4cc(Cl)ccc4Cl)o3)C2=O)cc1C. The Kier molecular flexibility index (Phi) is 5.30. The largest absolute Gasteiger partial charge is 0.457 e. The number of benzene rings is 2. The molecule has 0 bridgehead atoms. The van der Waals surface area contributed by atoms with Crippen LogP contribution in [0, 0.1) is 13.8 Å². The maximum atomic E-state index is 12.8. The number of amides is 2. The Labute approximate surface area is 182 Å². The summed E-state index contributed by atoms with van der Waals surface area (Å²) in [6, 6.07) is 14.1. The predicted octanol–water partition coefficient (Wildman–Crippen LogP) is 7.11. The van der Waals surface area contributed by atoms with Gasteiger partial charge in [0.1, 0.15) is 11.5 Å². The van der Waals surface area contributed by atoms with Gasteiger partial charge in [0.05, 0.1) is 15.6 Å². The molecular weight excluding hydrogens is 429 g/mol. The Morgan fingerprint density at radius 2 is 1.76 bits per heavy atom. The quantitative estimate of drug-likeness (QED) is 0.404. The summed E-state index contributed by atoms with van der Waals surface area (Å²) < 4.78 is 5.81. The molecule has 2 aromatic carbocycles. The van der Waals surface area contributed by atoms with Crippen LogP contribution in [0.15, 0.2) is 57.9 Å². The van der Waals surface area contributed by atoms with Crippen molar-refractivity contribution in [1.82, 2.24) is 0 Å². The van der Waals surface area contributed by atoms with E-state index in [9.17, 15) is 9.59 Å². The van der Waals surface area contributed by atoms with Gasteiger partial charge in [-0.05, 0) is 79.2 Å². The van der Waals surface area contributed by atoms with Gasteiger partial charge in [-0.1, -0.05) is 29.3 Å². The third-order valence-electron chi connectivity index (χ3n) is 4.64. The number of aryl methyl sites for hydroxylation is 2. The lowest BCUT2D eigenvalue weighted by atomic mass is 10.1. The van der Waals surface area contributed by atoms with Crippen LogP contribution in [-0.2, 0) is 4.79 Å². The van der Waals surface area contributed by atoms with Crippen molar-refractivity contribution in [3.05, 3.63) is 80.4 Å². The number of anilines is 1. The number of nitrogens with zero attached hydrogens (tertiary/aromatic N) is 1. The van der Waals surface area contributed by atoms with E-state index in [1.165, 1.54) is 4.90 Å². The van der Waals surface area contributed by atoms with E-state index in [1.807, 2.05) is 26.0 Å². The molecule has 1 aromatic heterocycles. The van der Waals surface area contributed by atoms with Crippen molar-refractivity contribution in [3.8, 4) is 11.3 Å². The maximum absolute atomic E-state index is 12.8. The third-order valence-corrected chi connectivity index (χ3v) is 6.07. The molecule has 0 atom stereocenters. The summed E-state index contributed by atoms with van der Waals surface area (Å²) in [4.78, 5) is 26.8. The van der Waals surface area contributed by atoms with Crippen molar-refractivity contribution in [2.75, 3.05) is 4.90 Å². The van der Waals surface area contributed by atoms with Crippen molar-refractivity contribution in [2.45, 2.75) is 13.8 Å². The maximum Gasteiger partial charge on any atom is 0.298 e. The molecule has 7 heteroatoms. The normalized spacial score (nSPS) is 15.6. The summed E-state index contributed by atoms with van der Waals surface area (Å²) in [6.45, 7) is 3.92. The van der Waals surface area contributed by atoms with Gasteiger partial charge in [-0.3, -0.25) is 9.59 Å². The Morgan fingerprint density at radius 1 is 0.966 bits per heavy atom. The van der Waals surface area contributed by atoms with Crippen LogP contribution in [-0.4, -0.2) is 11.1 Å². The molecule has 0 saturated carbocycles. The summed E-state index contributed by atoms with van der Waals surface area (Å²) in [5, 5.41) is 0.705. The van der Waals surface area contributed by atoms with Gasteiger partial charge >= 0.3 is 0 Å². The first-order valence-corrected chi connectivity index (χ1v) is 10.3. The number of furan rings is 1. The molecule has 29 heavy (non-hydrogen) atoms. The second kappa shape index (κ2) is 7.75. The molecule has 0 aliphatic carbocycles. The van der Waals surface area contributed by atoms with Gasteiger partial charge in [0, 0.05) is 16.7 Å². The minimum absolute atomic E-state index is 0.298. The summed E-state index contributed by atoms with van der Waals surface area (Å²) in [5.74, 6) is 0.598. The zero-order valence-corrected chi connectivity index (χ0v) is 17.9. The van der Waals surface area contributed by atoms with Crippen LogP contribution in [0.5, 0.6) is 0 Å². The Morgan fingerprint density at radius 3 is 2.52 bits per heavy atom. The Balaban J connectivity index is 1.63. The highest BCUT2D eigenvalue weighted by molar-refractivity contribution is 8.19. The van der Waals surface area contributed by atoms with Crippen LogP contribution in [0.1, 0.15) is 16.9 Å². The van der Waals surface area contributed by atoms with Crippen molar-refractivity contribution in [3.63, 3.8) is 0 Å². The smallest absolute Gasteiger partial charge is 0.298 e. The van der Waals surface area contributed by atoms with Gasteiger partial charge in [0.2, 0.25) is 0 Å². The molecule has 4 nitrogen and oxygen atoms in total. The third kappa shape index (κ3) is 3.86. The molecule has 1 fully saturated rings. The number of hydrogen-bond acceptors (Lipinski definition) is 4. The fourth-order valence-corrected chi connectivity index (χ4v) is 4.15. The Bertz CT molecular complexity index is 1180. The van der Waals surface area contributed by atoms with Gasteiger partial charge in [0.15, 0.2) is 0 Å². The van der Waals surface area contributed by atoms with Gasteiger partial charge < -0.3 is 4.42 Å². The van der Waals surface area contributed by atoms with Gasteiger partial charge in [-0.15, -0.1) is 0 Å². The molecule has 2 amide bonds. The average molecular weight is 444 g/mol. The number of halogens is 2. The summed E-state index contributed by atoms with van der Waals surface area (Å²) in [6.07, 6.45) is 1.56. The highest BCUT2D eigenvalue weighted by Gasteiger charge is 2.36. The van der Waals surface area contributed by atoms with Gasteiger partial charge in [-0.25, -0.2) is 4.90 Å². The number of carbonyl (C=O) groups excluding carboxylic acids is 2. The molecular formula is C22H15Cl2NO3S. The number of imide groups is 1. The first-order valence-electron chi connectivity index (χ1n) is 8.74. The molecule has 4 rings (SSSR count). The summed E-state index contributed by atoms with van der Waals surface area (Å²) in [7, 11) is 0. The molecule has 0 spiro atoms. The highest BCUT2D eigenvalue weighted by Crippen LogP contribution is 2.37. The molecule has 1 aliphatic heterocycles. The van der Waals surface area contributed by atoms with E-state index < -0.39 is 0 Å². The van der Waals surface area contributed by atoms with Crippen LogP contribution in [0.25, 0.3) is 17.4 Å². The molecule has 146 valence electrons. The zero-order chi connectivity index (χ0) is 20.7. The van der Waals surface area contributed by atoms with E-state index in [1.54, 1.807) is 42.5 Å². The lowest BCUT2D eigenvalue weighted by molar-refractivity contribution is -0.113. The number of hydrogen-bond donors (Lipinski definition) is 0. The van der Waals surface area contributed by atoms with Gasteiger partial charge in [-0.2, -0.15) is 0 Å². The van der Waals surface area contributed by atoms with Crippen molar-refractivity contribution in [1.29, 1.82) is 0 Å². The predicted molar refractivity (Wildman–Crippen MR) is 119 cm³/mol. The second-order valence-corrected chi connectivity index (χ2v) is 8.45. The lowest BCUT2D eigenvalue weighted by Gasteiger charge is -2.13. The summed E-state index contributed by atoms with van der Waals surface area (Å²) in [5.41, 5.74) is 3.32. The van der Waals surface area contributed by atoms with Crippen LogP contribution in [0.2, 0.25) is 10.0 Å². The fourth-order valence-electron chi connectivity index (χ4n) is 2.95. The number of carbonyl (C=O) groups is 2. The van der Waals surface area contributed by atoms with Crippen LogP contribution >= 0.6 is 35.0 Å². The average Bonchev–Trinajstić information content (AvgIpc) is 3.24. The number of rotatable bonds is 3. The minimum Gasteiger partial charge on any atom is -0.457 e. The topological polar surface area (TPSA) is 50.5 Å². The zero-order valence-electron chi connectivity index (χ0n) is 15.5. The van der Waals surface area contributed by atoms with E-state index in [0.29, 0.717) is 37.7 Å². The van der Waals surface area contributed by atoms with E-state index in [4.69, 9.17) is 27.6 Å². The van der Waals surface area contributed by atoms with Crippen molar-refractivity contribution < 1.29 is 14.0 Å². The van der Waals surface area contributed by atoms with Crippen molar-refractivity contribution in [2.24, 2.45) is 0 Å². The van der Waals surface area contributed by atoms with Crippen LogP contribution in [0.4, 0.5) is 10.5 Å². The molecule has 1 saturated heterocycles. The monoisotopic (exact) mass is 443 g/mol. The molecule has 1 aliphatic rings.